The topological polar surface area (TPSA) is 47.9 Å². The Bertz CT molecular complexity index is 5670. The molecule has 0 saturated heterocycles. The van der Waals surface area contributed by atoms with Gasteiger partial charge in [0.15, 0.2) is 0 Å². The van der Waals surface area contributed by atoms with Gasteiger partial charge in [0.05, 0.1) is 83.7 Å². The lowest BCUT2D eigenvalue weighted by molar-refractivity contribution is 1.03. The summed E-state index contributed by atoms with van der Waals surface area (Å²) in [6.07, 6.45) is 0. The third-order valence-electron chi connectivity index (χ3n) is 17.6. The van der Waals surface area contributed by atoms with E-state index in [-0.39, 0.29) is 0 Å². The van der Waals surface area contributed by atoms with E-state index in [1.165, 1.54) is 26.2 Å². The Labute approximate surface area is 478 Å². The van der Waals surface area contributed by atoms with Gasteiger partial charge in [0.1, 0.15) is 6.07 Å². The van der Waals surface area contributed by atoms with Gasteiger partial charge in [-0.1, -0.05) is 206 Å². The molecular weight excluding hydrogens is 1030 g/mol. The van der Waals surface area contributed by atoms with Gasteiger partial charge in [0, 0.05) is 58.6 Å². The summed E-state index contributed by atoms with van der Waals surface area (Å²) in [7, 11) is 0. The van der Waals surface area contributed by atoms with Crippen molar-refractivity contribution in [2.24, 2.45) is 0 Å². The average molecular weight is 1070 g/mol. The minimum absolute atomic E-state index is 0.356. The summed E-state index contributed by atoms with van der Waals surface area (Å²) < 4.78 is 11.6. The zero-order valence-electron chi connectivity index (χ0n) is 44.3. The van der Waals surface area contributed by atoms with Crippen LogP contribution in [0, 0.1) is 17.9 Å². The molecule has 5 aromatic heterocycles. The van der Waals surface area contributed by atoms with Gasteiger partial charge in [-0.2, -0.15) is 5.26 Å². The molecule has 382 valence electrons. The number of rotatable bonds is 5. The predicted molar refractivity (Wildman–Crippen MR) is 348 cm³/mol. The van der Waals surface area contributed by atoms with Gasteiger partial charge in [0.2, 0.25) is 5.69 Å². The molecule has 13 aromatic carbocycles. The second kappa shape index (κ2) is 17.1. The van der Waals surface area contributed by atoms with Crippen LogP contribution in [0.1, 0.15) is 5.56 Å². The summed E-state index contributed by atoms with van der Waals surface area (Å²) in [5.41, 5.74) is 13.1. The first-order valence-electron chi connectivity index (χ1n) is 27.9. The fourth-order valence-corrected chi connectivity index (χ4v) is 15.6. The van der Waals surface area contributed by atoms with Gasteiger partial charge in [-0.3, -0.25) is 0 Å². The molecule has 18 rings (SSSR count). The number of hydrogen-bond donors (Lipinski definition) is 0. The molecule has 0 unspecified atom stereocenters. The Balaban J connectivity index is 1.16. The second-order valence-electron chi connectivity index (χ2n) is 21.6. The lowest BCUT2D eigenvalue weighted by atomic mass is 9.91. The molecule has 0 spiro atoms. The first-order valence-corrected chi connectivity index (χ1v) is 28.8. The number of aromatic nitrogens is 4. The molecule has 0 aliphatic rings. The first kappa shape index (κ1) is 45.6. The van der Waals surface area contributed by atoms with Crippen LogP contribution >= 0.6 is 11.3 Å². The van der Waals surface area contributed by atoms with E-state index in [9.17, 15) is 11.8 Å². The third-order valence-corrected chi connectivity index (χ3v) is 18.8. The lowest BCUT2D eigenvalue weighted by Crippen LogP contribution is -2.14. The summed E-state index contributed by atoms with van der Waals surface area (Å²) in [6, 6.07) is 94.0. The fourth-order valence-electron chi connectivity index (χ4n) is 14.3. The monoisotopic (exact) mass is 1070 g/mol. The van der Waals surface area contributed by atoms with Gasteiger partial charge >= 0.3 is 0 Å². The highest BCUT2D eigenvalue weighted by atomic mass is 32.1. The minimum atomic E-state index is 0.356. The molecule has 0 fully saturated rings. The van der Waals surface area contributed by atoms with E-state index in [2.05, 4.69) is 279 Å². The van der Waals surface area contributed by atoms with Crippen molar-refractivity contribution in [2.45, 2.75) is 0 Å². The van der Waals surface area contributed by atoms with Crippen LogP contribution in [0.25, 0.3) is 168 Å². The highest BCUT2D eigenvalue weighted by Crippen LogP contribution is 2.54. The largest absolute Gasteiger partial charge is 0.318 e. The summed E-state index contributed by atoms with van der Waals surface area (Å²) in [5.74, 6) is 0. The molecule has 0 aliphatic carbocycles. The summed E-state index contributed by atoms with van der Waals surface area (Å²) in [4.78, 5) is 4.86. The molecule has 7 heteroatoms. The number of nitrogens with zero attached hydrogens (tertiary/aromatic N) is 6. The zero-order chi connectivity index (χ0) is 54.6. The van der Waals surface area contributed by atoms with Crippen LogP contribution in [0.5, 0.6) is 0 Å². The normalized spacial score (nSPS) is 12.1. The lowest BCUT2D eigenvalue weighted by Gasteiger charge is -2.27. The average Bonchev–Trinajstić information content (AvgIpc) is 2.55. The highest BCUT2D eigenvalue weighted by Gasteiger charge is 2.35. The van der Waals surface area contributed by atoms with E-state index in [1.54, 1.807) is 11.3 Å². The SMILES string of the molecule is [C-]#[N+]c1c(-n2c3ccccc3c3ccccc32)c(C#N)c(-n2c3ccccc3c3ccccc32)c(-n2c3cccc(-c4cccc5ccc6ccccc6c45)c3c3ccc4c5ccccc5sc4c32)c1-n1c2ccccc2c2ccccc21. The Hall–Kier alpha value is -11.2. The van der Waals surface area contributed by atoms with Crippen molar-refractivity contribution in [3.63, 3.8) is 0 Å². The molecule has 0 atom stereocenters. The maximum absolute atomic E-state index is 12.8. The van der Waals surface area contributed by atoms with Crippen LogP contribution in [-0.4, -0.2) is 18.3 Å². The molecule has 0 saturated carbocycles. The molecule has 0 aliphatic heterocycles. The Morgan fingerprint density at radius 2 is 0.747 bits per heavy atom. The third kappa shape index (κ3) is 6.07. The number of hydrogen-bond acceptors (Lipinski definition) is 2. The van der Waals surface area contributed by atoms with Gasteiger partial charge in [0.25, 0.3) is 0 Å². The number of para-hydroxylation sites is 6. The van der Waals surface area contributed by atoms with Crippen molar-refractivity contribution < 1.29 is 0 Å². The highest BCUT2D eigenvalue weighted by molar-refractivity contribution is 7.26. The van der Waals surface area contributed by atoms with E-state index >= 15 is 0 Å². The Morgan fingerprint density at radius 3 is 1.30 bits per heavy atom. The summed E-state index contributed by atoms with van der Waals surface area (Å²) in [5, 5.41) is 28.3. The molecule has 0 bridgehead atoms. The van der Waals surface area contributed by atoms with Crippen LogP contribution in [-0.2, 0) is 0 Å². The number of nitriles is 1. The Kier molecular flexibility index (Phi) is 9.42. The maximum atomic E-state index is 12.8. The molecule has 0 radical (unpaired) electrons. The smallest absolute Gasteiger partial charge is 0.237 e. The molecule has 83 heavy (non-hydrogen) atoms. The second-order valence-corrected chi connectivity index (χ2v) is 22.7. The van der Waals surface area contributed by atoms with Crippen molar-refractivity contribution in [3.05, 3.63) is 272 Å². The maximum Gasteiger partial charge on any atom is 0.237 e. The van der Waals surface area contributed by atoms with Gasteiger partial charge in [-0.25, -0.2) is 4.85 Å². The van der Waals surface area contributed by atoms with Crippen molar-refractivity contribution in [1.82, 2.24) is 18.3 Å². The quantitative estimate of drug-likeness (QED) is 0.125. The van der Waals surface area contributed by atoms with Crippen LogP contribution in [0.2, 0.25) is 0 Å². The minimum Gasteiger partial charge on any atom is -0.318 e. The van der Waals surface area contributed by atoms with E-state index in [1.807, 2.05) is 0 Å². The van der Waals surface area contributed by atoms with Crippen LogP contribution < -0.4 is 0 Å². The van der Waals surface area contributed by atoms with Crippen molar-refractivity contribution in [2.75, 3.05) is 0 Å². The van der Waals surface area contributed by atoms with E-state index in [0.717, 1.165) is 120 Å². The van der Waals surface area contributed by atoms with E-state index in [4.69, 9.17) is 4.85 Å². The molecular formula is C76H42N6S. The summed E-state index contributed by atoms with van der Waals surface area (Å²) in [6.45, 7) is 9.96. The number of benzene rings is 13. The zero-order valence-corrected chi connectivity index (χ0v) is 45.2. The van der Waals surface area contributed by atoms with Crippen molar-refractivity contribution >= 4 is 146 Å². The standard InChI is InChI=1S/C76H42N6S/c1-78-70-71(79-60-32-11-4-23-48(60)49-24-5-12-33-61(49)79)59(44-77)72(80-62-34-13-6-25-50(62)51-26-7-14-35-63(51)80)75(74(70)81-64-36-15-8-27-52(64)53-28-9-16-37-65(53)81)82-66-38-19-31-56(55-30-18-21-46-41-40-45-20-2-3-22-47(45)68(46)55)69(66)58-43-42-57-54-29-10-17-39-67(54)83-76(57)73(58)82/h2-43H. The van der Waals surface area contributed by atoms with Gasteiger partial charge < -0.3 is 18.3 Å². The summed E-state index contributed by atoms with van der Waals surface area (Å²) >= 11 is 1.80. The van der Waals surface area contributed by atoms with Crippen LogP contribution in [0.15, 0.2) is 255 Å². The van der Waals surface area contributed by atoms with E-state index in [0.29, 0.717) is 28.3 Å². The van der Waals surface area contributed by atoms with Gasteiger partial charge in [-0.15, -0.1) is 11.3 Å². The molecule has 5 heterocycles. The van der Waals surface area contributed by atoms with E-state index < -0.39 is 0 Å². The number of thiophene rings is 1. The van der Waals surface area contributed by atoms with Crippen molar-refractivity contribution in [1.29, 1.82) is 5.26 Å². The predicted octanol–water partition coefficient (Wildman–Crippen LogP) is 20.8. The Morgan fingerprint density at radius 1 is 0.325 bits per heavy atom. The first-order chi connectivity index (χ1) is 41.2. The van der Waals surface area contributed by atoms with Crippen molar-refractivity contribution in [3.8, 4) is 39.9 Å². The fraction of sp³-hybridized carbons (Fsp3) is 0. The molecule has 0 N–H and O–H groups in total. The van der Waals surface area contributed by atoms with Crippen LogP contribution in [0.4, 0.5) is 5.69 Å². The van der Waals surface area contributed by atoms with Gasteiger partial charge in [-0.05, 0) is 81.2 Å². The molecule has 0 amide bonds. The van der Waals surface area contributed by atoms with Crippen LogP contribution in [0.3, 0.4) is 0 Å². The number of fused-ring (bicyclic) bond motifs is 19. The molecule has 6 nitrogen and oxygen atoms in total. The molecule has 18 aromatic rings.